The molecule has 0 amide bonds. The van der Waals surface area contributed by atoms with E-state index in [0.717, 1.165) is 0 Å². The maximum Gasteiger partial charge on any atom is 0.165 e. The van der Waals surface area contributed by atoms with Crippen LogP contribution in [0.1, 0.15) is 6.92 Å². The molecule has 0 saturated heterocycles. The van der Waals surface area contributed by atoms with Gasteiger partial charge in [-0.2, -0.15) is 0 Å². The van der Waals surface area contributed by atoms with Crippen LogP contribution in [0.2, 0.25) is 0 Å². The lowest BCUT2D eigenvalue weighted by atomic mass is 10.0. The molecule has 0 aliphatic heterocycles. The molecule has 0 fully saturated rings. The van der Waals surface area contributed by atoms with Gasteiger partial charge in [-0.3, -0.25) is 5.73 Å². The fourth-order valence-electron chi connectivity index (χ4n) is 0.511. The molecular weight excluding hydrogens is 138 g/mol. The van der Waals surface area contributed by atoms with Crippen LogP contribution in [-0.4, -0.2) is 45.0 Å². The Morgan fingerprint density at radius 2 is 1.90 bits per heavy atom. The van der Waals surface area contributed by atoms with E-state index in [1.54, 1.807) is 0 Å². The van der Waals surface area contributed by atoms with Crippen molar-refractivity contribution in [3.8, 4) is 0 Å². The first-order valence-corrected chi connectivity index (χ1v) is 2.90. The highest BCUT2D eigenvalue weighted by molar-refractivity contribution is 4.82. The van der Waals surface area contributed by atoms with Gasteiger partial charge in [-0.15, -0.1) is 0 Å². The third-order valence-electron chi connectivity index (χ3n) is 1.22. The van der Waals surface area contributed by atoms with Crippen molar-refractivity contribution in [1.29, 1.82) is 0 Å². The van der Waals surface area contributed by atoms with Gasteiger partial charge in [0.05, 0.1) is 12.7 Å². The van der Waals surface area contributed by atoms with Crippen LogP contribution in [-0.2, 0) is 0 Å². The summed E-state index contributed by atoms with van der Waals surface area (Å²) >= 11 is 0. The third kappa shape index (κ3) is 2.20. The third-order valence-corrected chi connectivity index (χ3v) is 1.22. The Bertz CT molecular complexity index is 104. The van der Waals surface area contributed by atoms with Gasteiger partial charge < -0.3 is 20.4 Å². The summed E-state index contributed by atoms with van der Waals surface area (Å²) in [5.41, 5.74) is 2.84. The summed E-state index contributed by atoms with van der Waals surface area (Å²) in [6, 6.07) is 0. The number of aliphatic hydroxyl groups is 4. The van der Waals surface area contributed by atoms with E-state index >= 15 is 0 Å². The first-order chi connectivity index (χ1) is 4.41. The van der Waals surface area contributed by atoms with E-state index in [9.17, 15) is 0 Å². The van der Waals surface area contributed by atoms with Gasteiger partial charge in [-0.05, 0) is 6.92 Å². The highest BCUT2D eigenvalue weighted by Crippen LogP contribution is 2.05. The molecule has 5 nitrogen and oxygen atoms in total. The fraction of sp³-hybridized carbons (Fsp3) is 1.00. The molecule has 5 heteroatoms. The quantitative estimate of drug-likeness (QED) is 0.284. The van der Waals surface area contributed by atoms with Gasteiger partial charge in [0.2, 0.25) is 0 Å². The van der Waals surface area contributed by atoms with Crippen LogP contribution in [0.3, 0.4) is 0 Å². The van der Waals surface area contributed by atoms with Crippen LogP contribution < -0.4 is 5.73 Å². The molecule has 0 aromatic rings. The molecular formula is C5H13NO4. The van der Waals surface area contributed by atoms with Crippen LogP contribution in [0, 0.1) is 0 Å². The van der Waals surface area contributed by atoms with Crippen LogP contribution in [0.25, 0.3) is 0 Å². The highest BCUT2D eigenvalue weighted by Gasteiger charge is 2.33. The Hall–Kier alpha value is -0.200. The molecule has 0 aromatic carbocycles. The number of rotatable bonds is 3. The second kappa shape index (κ2) is 3.27. The number of nitrogens with two attached hydrogens (primary N) is 1. The van der Waals surface area contributed by atoms with Crippen molar-refractivity contribution in [3.63, 3.8) is 0 Å². The molecule has 62 valence electrons. The highest BCUT2D eigenvalue weighted by atomic mass is 16.4. The maximum atomic E-state index is 8.88. The first-order valence-electron chi connectivity index (χ1n) is 2.90. The van der Waals surface area contributed by atoms with Crippen molar-refractivity contribution in [2.45, 2.75) is 24.9 Å². The Morgan fingerprint density at radius 1 is 1.50 bits per heavy atom. The molecule has 0 aromatic heterocycles. The summed E-state index contributed by atoms with van der Waals surface area (Å²) in [6.45, 7) is 0.469. The largest absolute Gasteiger partial charge is 0.392 e. The Kier molecular flexibility index (Phi) is 3.20. The normalized spacial score (nSPS) is 23.4. The van der Waals surface area contributed by atoms with E-state index in [1.165, 1.54) is 6.92 Å². The Balaban J connectivity index is 4.03. The molecule has 0 unspecified atom stereocenters. The standard InChI is InChI=1S/C5H13NO4/c1-3(8)4(9)5(6,10)2-7/h3-4,7-10H,2,6H2,1H3/t3-,4-,5+/m0/s1. The van der Waals surface area contributed by atoms with Crippen LogP contribution in [0.15, 0.2) is 0 Å². The Morgan fingerprint density at radius 3 is 2.00 bits per heavy atom. The van der Waals surface area contributed by atoms with E-state index in [1.807, 2.05) is 0 Å². The summed E-state index contributed by atoms with van der Waals surface area (Å²) in [4.78, 5) is 0. The van der Waals surface area contributed by atoms with E-state index in [-0.39, 0.29) is 0 Å². The lowest BCUT2D eigenvalue weighted by Crippen LogP contribution is -2.57. The van der Waals surface area contributed by atoms with Crippen LogP contribution in [0.5, 0.6) is 0 Å². The summed E-state index contributed by atoms with van der Waals surface area (Å²) < 4.78 is 0. The molecule has 0 spiro atoms. The average molecular weight is 151 g/mol. The second-order valence-electron chi connectivity index (χ2n) is 2.33. The molecule has 0 aliphatic carbocycles. The first kappa shape index (κ1) is 9.80. The number of hydrogen-bond acceptors (Lipinski definition) is 5. The van der Waals surface area contributed by atoms with Crippen molar-refractivity contribution in [1.82, 2.24) is 0 Å². The van der Waals surface area contributed by atoms with Crippen LogP contribution >= 0.6 is 0 Å². The zero-order valence-corrected chi connectivity index (χ0v) is 5.73. The monoisotopic (exact) mass is 151 g/mol. The molecule has 0 heterocycles. The molecule has 6 N–H and O–H groups in total. The fourth-order valence-corrected chi connectivity index (χ4v) is 0.511. The van der Waals surface area contributed by atoms with Crippen LogP contribution in [0.4, 0.5) is 0 Å². The lowest BCUT2D eigenvalue weighted by Gasteiger charge is -2.28. The lowest BCUT2D eigenvalue weighted by molar-refractivity contribution is -0.138. The van der Waals surface area contributed by atoms with Gasteiger partial charge in [0.1, 0.15) is 6.10 Å². The molecule has 0 bridgehead atoms. The van der Waals surface area contributed by atoms with E-state index in [0.29, 0.717) is 0 Å². The molecule has 10 heavy (non-hydrogen) atoms. The van der Waals surface area contributed by atoms with Gasteiger partial charge in [-0.1, -0.05) is 0 Å². The van der Waals surface area contributed by atoms with Gasteiger partial charge in [0, 0.05) is 0 Å². The molecule has 0 radical (unpaired) electrons. The number of hydrogen-bond donors (Lipinski definition) is 5. The van der Waals surface area contributed by atoms with Crippen molar-refractivity contribution < 1.29 is 20.4 Å². The van der Waals surface area contributed by atoms with Crippen molar-refractivity contribution in [2.75, 3.05) is 6.61 Å². The molecule has 0 aliphatic rings. The smallest absolute Gasteiger partial charge is 0.165 e. The topological polar surface area (TPSA) is 107 Å². The summed E-state index contributed by atoms with van der Waals surface area (Å²) in [5.74, 6) is 0. The predicted octanol–water partition coefficient (Wildman–Crippen LogP) is -2.63. The van der Waals surface area contributed by atoms with E-state index in [4.69, 9.17) is 26.2 Å². The van der Waals surface area contributed by atoms with Gasteiger partial charge in [0.25, 0.3) is 0 Å². The minimum Gasteiger partial charge on any atom is -0.392 e. The van der Waals surface area contributed by atoms with Gasteiger partial charge in [0.15, 0.2) is 5.72 Å². The van der Waals surface area contributed by atoms with Crippen molar-refractivity contribution in [2.24, 2.45) is 5.73 Å². The summed E-state index contributed by atoms with van der Waals surface area (Å²) in [5, 5.41) is 34.8. The SMILES string of the molecule is C[C@H](O)[C@H](O)[C@](N)(O)CO. The second-order valence-corrected chi connectivity index (χ2v) is 2.33. The van der Waals surface area contributed by atoms with Crippen molar-refractivity contribution in [3.05, 3.63) is 0 Å². The minimum absolute atomic E-state index is 0.793. The predicted molar refractivity (Wildman–Crippen MR) is 33.9 cm³/mol. The number of aliphatic hydroxyl groups excluding tert-OH is 3. The van der Waals surface area contributed by atoms with E-state index < -0.39 is 24.5 Å². The summed E-state index contributed by atoms with van der Waals surface area (Å²) in [7, 11) is 0. The maximum absolute atomic E-state index is 8.88. The summed E-state index contributed by atoms with van der Waals surface area (Å²) in [6.07, 6.45) is -2.69. The molecule has 0 saturated carbocycles. The zero-order chi connectivity index (χ0) is 8.36. The Labute approximate surface area is 58.7 Å². The van der Waals surface area contributed by atoms with Gasteiger partial charge >= 0.3 is 0 Å². The van der Waals surface area contributed by atoms with Crippen molar-refractivity contribution >= 4 is 0 Å². The van der Waals surface area contributed by atoms with E-state index in [2.05, 4.69) is 0 Å². The molecule has 3 atom stereocenters. The zero-order valence-electron chi connectivity index (χ0n) is 5.73. The van der Waals surface area contributed by atoms with Gasteiger partial charge in [-0.25, -0.2) is 0 Å². The minimum atomic E-state index is -2.12. The molecule has 0 rings (SSSR count). The average Bonchev–Trinajstić information content (AvgIpc) is 1.86.